The fraction of sp³-hybridized carbons (Fsp3) is 0.294. The molecule has 0 saturated carbocycles. The highest BCUT2D eigenvalue weighted by Gasteiger charge is 2.28. The molecule has 3 heteroatoms. The number of hydrogen-bond donors (Lipinski definition) is 2. The molecule has 0 saturated heterocycles. The minimum absolute atomic E-state index is 0.183. The van der Waals surface area contributed by atoms with Crippen molar-refractivity contribution in [2.75, 3.05) is 0 Å². The molecule has 20 heavy (non-hydrogen) atoms. The van der Waals surface area contributed by atoms with Crippen LogP contribution in [0.3, 0.4) is 0 Å². The molecule has 0 spiro atoms. The summed E-state index contributed by atoms with van der Waals surface area (Å²) in [6.45, 7) is 3.75. The Kier molecular flexibility index (Phi) is 3.14. The van der Waals surface area contributed by atoms with E-state index >= 15 is 0 Å². The third-order valence-corrected chi connectivity index (χ3v) is 3.87. The Morgan fingerprint density at radius 3 is 2.45 bits per heavy atom. The molecular weight excluding hydrogens is 252 g/mol. The summed E-state index contributed by atoms with van der Waals surface area (Å²) >= 11 is 0. The van der Waals surface area contributed by atoms with Crippen LogP contribution in [0, 0.1) is 13.8 Å². The van der Waals surface area contributed by atoms with Gasteiger partial charge in [-0.1, -0.05) is 18.2 Å². The van der Waals surface area contributed by atoms with E-state index in [4.69, 9.17) is 4.74 Å². The highest BCUT2D eigenvalue weighted by molar-refractivity contribution is 5.44. The highest BCUT2D eigenvalue weighted by Crippen LogP contribution is 2.41. The molecule has 0 aliphatic carbocycles. The smallest absolute Gasteiger partial charge is 0.127 e. The summed E-state index contributed by atoms with van der Waals surface area (Å²) in [5.74, 6) is 1.06. The summed E-state index contributed by atoms with van der Waals surface area (Å²) in [7, 11) is 0. The standard InChI is InChI=1S/C17H18O3/c1-10-7-12(8-11(2)17(10)19)16-9-14(18)13-5-3-4-6-15(13)20-16/h3-8,14,16,18-19H,9H2,1-2H3/t14-,16?/m1/s1. The van der Waals surface area contributed by atoms with E-state index in [1.807, 2.05) is 50.2 Å². The predicted octanol–water partition coefficient (Wildman–Crippen LogP) is 3.57. The largest absolute Gasteiger partial charge is 0.507 e. The van der Waals surface area contributed by atoms with Gasteiger partial charge >= 0.3 is 0 Å². The van der Waals surface area contributed by atoms with Crippen molar-refractivity contribution in [2.45, 2.75) is 32.5 Å². The van der Waals surface area contributed by atoms with Gasteiger partial charge in [0.05, 0.1) is 6.10 Å². The van der Waals surface area contributed by atoms with Gasteiger partial charge in [-0.05, 0) is 48.7 Å². The van der Waals surface area contributed by atoms with Crippen LogP contribution in [0.2, 0.25) is 0 Å². The van der Waals surface area contributed by atoms with Gasteiger partial charge in [0.15, 0.2) is 0 Å². The average molecular weight is 270 g/mol. The predicted molar refractivity (Wildman–Crippen MR) is 77.0 cm³/mol. The van der Waals surface area contributed by atoms with Gasteiger partial charge in [-0.2, -0.15) is 0 Å². The van der Waals surface area contributed by atoms with Crippen LogP contribution < -0.4 is 4.74 Å². The van der Waals surface area contributed by atoms with E-state index < -0.39 is 6.10 Å². The number of aliphatic hydroxyl groups excluding tert-OH is 1. The van der Waals surface area contributed by atoms with Crippen LogP contribution in [0.25, 0.3) is 0 Å². The molecule has 2 atom stereocenters. The number of rotatable bonds is 1. The Morgan fingerprint density at radius 2 is 1.75 bits per heavy atom. The van der Waals surface area contributed by atoms with Crippen molar-refractivity contribution in [2.24, 2.45) is 0 Å². The van der Waals surface area contributed by atoms with Gasteiger partial charge in [-0.25, -0.2) is 0 Å². The van der Waals surface area contributed by atoms with Gasteiger partial charge in [0.1, 0.15) is 17.6 Å². The molecule has 0 fully saturated rings. The molecule has 0 bridgehead atoms. The number of ether oxygens (including phenoxy) is 1. The molecule has 104 valence electrons. The van der Waals surface area contributed by atoms with E-state index in [0.717, 1.165) is 28.0 Å². The van der Waals surface area contributed by atoms with Gasteiger partial charge in [0.25, 0.3) is 0 Å². The first-order chi connectivity index (χ1) is 9.56. The number of fused-ring (bicyclic) bond motifs is 1. The third-order valence-electron chi connectivity index (χ3n) is 3.87. The van der Waals surface area contributed by atoms with Crippen molar-refractivity contribution in [1.29, 1.82) is 0 Å². The molecular formula is C17H18O3. The zero-order valence-corrected chi connectivity index (χ0v) is 11.6. The Morgan fingerprint density at radius 1 is 1.10 bits per heavy atom. The Balaban J connectivity index is 1.98. The molecule has 3 nitrogen and oxygen atoms in total. The molecule has 0 aromatic heterocycles. The van der Waals surface area contributed by atoms with Crippen molar-refractivity contribution in [3.05, 3.63) is 58.7 Å². The fourth-order valence-electron chi connectivity index (χ4n) is 2.77. The molecule has 2 N–H and O–H groups in total. The number of aromatic hydroxyl groups is 1. The second-order valence-corrected chi connectivity index (χ2v) is 5.40. The maximum Gasteiger partial charge on any atom is 0.127 e. The lowest BCUT2D eigenvalue weighted by Gasteiger charge is -2.30. The SMILES string of the molecule is Cc1cc(C2C[C@@H](O)c3ccccc3O2)cc(C)c1O. The molecule has 0 radical (unpaired) electrons. The number of aryl methyl sites for hydroxylation is 2. The maximum atomic E-state index is 10.3. The number of phenolic OH excluding ortho intramolecular Hbond substituents is 1. The number of phenols is 1. The lowest BCUT2D eigenvalue weighted by Crippen LogP contribution is -2.19. The number of para-hydroxylation sites is 1. The monoisotopic (exact) mass is 270 g/mol. The lowest BCUT2D eigenvalue weighted by atomic mass is 9.93. The topological polar surface area (TPSA) is 49.7 Å². The third kappa shape index (κ3) is 2.14. The first-order valence-corrected chi connectivity index (χ1v) is 6.80. The summed E-state index contributed by atoms with van der Waals surface area (Å²) in [5, 5.41) is 20.1. The number of benzene rings is 2. The van der Waals surface area contributed by atoms with E-state index in [9.17, 15) is 10.2 Å². The van der Waals surface area contributed by atoms with E-state index in [2.05, 4.69) is 0 Å². The highest BCUT2D eigenvalue weighted by atomic mass is 16.5. The zero-order valence-electron chi connectivity index (χ0n) is 11.6. The number of hydrogen-bond acceptors (Lipinski definition) is 3. The van der Waals surface area contributed by atoms with Crippen LogP contribution >= 0.6 is 0 Å². The molecule has 2 aromatic carbocycles. The molecule has 0 amide bonds. The molecule has 2 aromatic rings. The summed E-state index contributed by atoms with van der Waals surface area (Å²) in [4.78, 5) is 0. The minimum Gasteiger partial charge on any atom is -0.507 e. The van der Waals surface area contributed by atoms with E-state index in [-0.39, 0.29) is 6.10 Å². The van der Waals surface area contributed by atoms with Crippen LogP contribution in [0.15, 0.2) is 36.4 Å². The Labute approximate surface area is 118 Å². The maximum absolute atomic E-state index is 10.3. The van der Waals surface area contributed by atoms with E-state index in [1.54, 1.807) is 0 Å². The van der Waals surface area contributed by atoms with Crippen molar-refractivity contribution in [3.8, 4) is 11.5 Å². The first-order valence-electron chi connectivity index (χ1n) is 6.80. The van der Waals surface area contributed by atoms with Crippen LogP contribution in [-0.2, 0) is 0 Å². The van der Waals surface area contributed by atoms with Crippen molar-refractivity contribution in [1.82, 2.24) is 0 Å². The zero-order chi connectivity index (χ0) is 14.3. The fourth-order valence-corrected chi connectivity index (χ4v) is 2.77. The van der Waals surface area contributed by atoms with Crippen molar-refractivity contribution >= 4 is 0 Å². The second-order valence-electron chi connectivity index (χ2n) is 5.40. The van der Waals surface area contributed by atoms with Crippen LogP contribution in [0.5, 0.6) is 11.5 Å². The summed E-state index contributed by atoms with van der Waals surface area (Å²) < 4.78 is 6.00. The van der Waals surface area contributed by atoms with Gasteiger partial charge in [0.2, 0.25) is 0 Å². The van der Waals surface area contributed by atoms with Gasteiger partial charge in [-0.3, -0.25) is 0 Å². The summed E-state index contributed by atoms with van der Waals surface area (Å²) in [6, 6.07) is 11.4. The normalized spacial score (nSPS) is 21.1. The lowest BCUT2D eigenvalue weighted by molar-refractivity contribution is 0.0657. The van der Waals surface area contributed by atoms with Crippen molar-refractivity contribution < 1.29 is 14.9 Å². The van der Waals surface area contributed by atoms with Crippen LogP contribution in [-0.4, -0.2) is 10.2 Å². The minimum atomic E-state index is -0.514. The van der Waals surface area contributed by atoms with Gasteiger partial charge < -0.3 is 14.9 Å². The van der Waals surface area contributed by atoms with Gasteiger partial charge in [-0.15, -0.1) is 0 Å². The Bertz CT molecular complexity index is 625. The molecule has 1 aliphatic rings. The van der Waals surface area contributed by atoms with Crippen molar-refractivity contribution in [3.63, 3.8) is 0 Å². The number of aliphatic hydroxyl groups is 1. The quantitative estimate of drug-likeness (QED) is 0.833. The molecule has 1 aliphatic heterocycles. The average Bonchev–Trinajstić information content (AvgIpc) is 2.44. The van der Waals surface area contributed by atoms with E-state index in [1.165, 1.54) is 0 Å². The molecule has 1 heterocycles. The molecule has 1 unspecified atom stereocenters. The Hall–Kier alpha value is -2.00. The summed E-state index contributed by atoms with van der Waals surface area (Å²) in [5.41, 5.74) is 3.50. The van der Waals surface area contributed by atoms with Crippen LogP contribution in [0.1, 0.15) is 40.9 Å². The summed E-state index contributed by atoms with van der Waals surface area (Å²) in [6.07, 6.45) is -0.169. The van der Waals surface area contributed by atoms with E-state index in [0.29, 0.717) is 12.2 Å². The first kappa shape index (κ1) is 13.0. The molecule has 3 rings (SSSR count). The second kappa shape index (κ2) is 4.84. The van der Waals surface area contributed by atoms with Crippen LogP contribution in [0.4, 0.5) is 0 Å². The van der Waals surface area contributed by atoms with Gasteiger partial charge in [0, 0.05) is 12.0 Å².